The van der Waals surface area contributed by atoms with E-state index in [0.29, 0.717) is 22.0 Å². The number of carbonyl (C=O) groups is 3. The van der Waals surface area contributed by atoms with Crippen molar-refractivity contribution in [3.05, 3.63) is 59.1 Å². The predicted octanol–water partition coefficient (Wildman–Crippen LogP) is 3.18. The number of hydrogen-bond donors (Lipinski definition) is 0. The Morgan fingerprint density at radius 2 is 1.80 bits per heavy atom. The second kappa shape index (κ2) is 7.22. The monoisotopic (exact) mass is 424 g/mol. The summed E-state index contributed by atoms with van der Waals surface area (Å²) in [5.41, 5.74) is 0.901. The number of imide groups is 1. The van der Waals surface area contributed by atoms with Crippen molar-refractivity contribution < 1.29 is 19.1 Å². The van der Waals surface area contributed by atoms with Crippen LogP contribution in [0.5, 0.6) is 5.75 Å². The number of fused-ring (bicyclic) bond motifs is 3. The van der Waals surface area contributed by atoms with Crippen molar-refractivity contribution in [1.29, 1.82) is 0 Å². The molecule has 5 rings (SSSR count). The van der Waals surface area contributed by atoms with Gasteiger partial charge in [0.1, 0.15) is 5.75 Å². The van der Waals surface area contributed by atoms with E-state index < -0.39 is 17.9 Å². The molecule has 2 aromatic rings. The van der Waals surface area contributed by atoms with Crippen molar-refractivity contribution >= 4 is 34.9 Å². The van der Waals surface area contributed by atoms with Gasteiger partial charge in [-0.15, -0.1) is 0 Å². The SMILES string of the molecule is COc1ccc(Cl)cc1N1C(=O)[C@@H]2[C@H](C1=O)[C@H](C(=O)c1ccccc1)N1CCC[C@H]21. The fraction of sp³-hybridized carbons (Fsp3) is 0.348. The van der Waals surface area contributed by atoms with E-state index in [2.05, 4.69) is 4.90 Å². The Morgan fingerprint density at radius 1 is 1.07 bits per heavy atom. The molecule has 0 aliphatic carbocycles. The molecule has 3 aliphatic heterocycles. The molecule has 4 atom stereocenters. The number of carbonyl (C=O) groups excluding carboxylic acids is 3. The van der Waals surface area contributed by atoms with Gasteiger partial charge in [-0.1, -0.05) is 41.9 Å². The number of hydrogen-bond acceptors (Lipinski definition) is 5. The van der Waals surface area contributed by atoms with Crippen LogP contribution in [-0.2, 0) is 9.59 Å². The number of ketones is 1. The number of Topliss-reactive ketones (excluding diaryl/α,β-unsaturated/α-hetero) is 1. The van der Waals surface area contributed by atoms with Gasteiger partial charge in [-0.3, -0.25) is 19.3 Å². The lowest BCUT2D eigenvalue weighted by atomic mass is 9.85. The molecule has 3 aliphatic rings. The largest absolute Gasteiger partial charge is 0.495 e. The average molecular weight is 425 g/mol. The molecule has 7 heteroatoms. The quantitative estimate of drug-likeness (QED) is 0.557. The average Bonchev–Trinajstić information content (AvgIpc) is 3.40. The first-order chi connectivity index (χ1) is 14.5. The Morgan fingerprint density at radius 3 is 2.53 bits per heavy atom. The van der Waals surface area contributed by atoms with E-state index in [1.54, 1.807) is 30.3 Å². The van der Waals surface area contributed by atoms with Gasteiger partial charge in [0.2, 0.25) is 11.8 Å². The number of anilines is 1. The van der Waals surface area contributed by atoms with E-state index in [0.717, 1.165) is 19.4 Å². The van der Waals surface area contributed by atoms with Crippen LogP contribution in [0.2, 0.25) is 5.02 Å². The zero-order valence-corrected chi connectivity index (χ0v) is 17.2. The van der Waals surface area contributed by atoms with Crippen LogP contribution in [0.25, 0.3) is 0 Å². The molecule has 2 amide bonds. The lowest BCUT2D eigenvalue weighted by Crippen LogP contribution is -2.46. The summed E-state index contributed by atoms with van der Waals surface area (Å²) in [6.45, 7) is 0.724. The standard InChI is InChI=1S/C23H21ClN2O4/c1-30-17-10-9-14(24)12-16(17)26-22(28)18-15-8-5-11-25(15)20(19(18)23(26)29)21(27)13-6-3-2-4-7-13/h2-4,6-7,9-10,12,15,18-20H,5,8,11H2,1H3/t15-,18+,19+,20-/m1/s1. The van der Waals surface area contributed by atoms with E-state index in [1.165, 1.54) is 12.0 Å². The van der Waals surface area contributed by atoms with E-state index in [-0.39, 0.29) is 23.6 Å². The van der Waals surface area contributed by atoms with Crippen LogP contribution in [0.4, 0.5) is 5.69 Å². The van der Waals surface area contributed by atoms with Crippen LogP contribution >= 0.6 is 11.6 Å². The summed E-state index contributed by atoms with van der Waals surface area (Å²) in [7, 11) is 1.49. The number of rotatable bonds is 4. The third-order valence-electron chi connectivity index (χ3n) is 6.56. The molecule has 6 nitrogen and oxygen atoms in total. The highest BCUT2D eigenvalue weighted by molar-refractivity contribution is 6.32. The number of amides is 2. The minimum absolute atomic E-state index is 0.0979. The van der Waals surface area contributed by atoms with Crippen LogP contribution < -0.4 is 9.64 Å². The van der Waals surface area contributed by atoms with Gasteiger partial charge in [-0.25, -0.2) is 4.90 Å². The van der Waals surface area contributed by atoms with Crippen molar-refractivity contribution in [1.82, 2.24) is 4.90 Å². The minimum atomic E-state index is -0.695. The van der Waals surface area contributed by atoms with Crippen LogP contribution in [-0.4, -0.2) is 48.2 Å². The topological polar surface area (TPSA) is 66.9 Å². The number of methoxy groups -OCH3 is 1. The zero-order chi connectivity index (χ0) is 21.0. The molecular formula is C23H21ClN2O4. The number of ether oxygens (including phenoxy) is 1. The molecule has 3 saturated heterocycles. The Kier molecular flexibility index (Phi) is 4.64. The summed E-state index contributed by atoms with van der Waals surface area (Å²) in [4.78, 5) is 43.8. The normalized spacial score (nSPS) is 28.0. The van der Waals surface area contributed by atoms with Crippen molar-refractivity contribution in [3.8, 4) is 5.75 Å². The molecule has 3 heterocycles. The van der Waals surface area contributed by atoms with Crippen LogP contribution in [0, 0.1) is 11.8 Å². The highest BCUT2D eigenvalue weighted by atomic mass is 35.5. The van der Waals surface area contributed by atoms with Gasteiger partial charge in [0, 0.05) is 16.6 Å². The first-order valence-electron chi connectivity index (χ1n) is 10.1. The maximum atomic E-state index is 13.6. The van der Waals surface area contributed by atoms with Crippen molar-refractivity contribution in [2.24, 2.45) is 11.8 Å². The molecule has 3 fully saturated rings. The smallest absolute Gasteiger partial charge is 0.239 e. The predicted molar refractivity (Wildman–Crippen MR) is 112 cm³/mol. The summed E-state index contributed by atoms with van der Waals surface area (Å²) in [5, 5.41) is 0.405. The second-order valence-corrected chi connectivity index (χ2v) is 8.44. The molecule has 2 aromatic carbocycles. The molecule has 0 unspecified atom stereocenters. The molecule has 154 valence electrons. The van der Waals surface area contributed by atoms with E-state index in [4.69, 9.17) is 16.3 Å². The zero-order valence-electron chi connectivity index (χ0n) is 16.5. The van der Waals surface area contributed by atoms with Gasteiger partial charge in [0.25, 0.3) is 0 Å². The highest BCUT2D eigenvalue weighted by Gasteiger charge is 2.65. The number of halogens is 1. The van der Waals surface area contributed by atoms with Crippen LogP contribution in [0.3, 0.4) is 0 Å². The summed E-state index contributed by atoms with van der Waals surface area (Å²) < 4.78 is 5.38. The Bertz CT molecular complexity index is 1040. The lowest BCUT2D eigenvalue weighted by Gasteiger charge is -2.28. The Balaban J connectivity index is 1.58. The fourth-order valence-electron chi connectivity index (χ4n) is 5.36. The number of nitrogens with zero attached hydrogens (tertiary/aromatic N) is 2. The van der Waals surface area contributed by atoms with Crippen molar-refractivity contribution in [3.63, 3.8) is 0 Å². The molecule has 0 spiro atoms. The van der Waals surface area contributed by atoms with Gasteiger partial charge in [0.15, 0.2) is 5.78 Å². The summed E-state index contributed by atoms with van der Waals surface area (Å²) >= 11 is 6.15. The van der Waals surface area contributed by atoms with Crippen LogP contribution in [0.1, 0.15) is 23.2 Å². The Labute approximate surface area is 179 Å². The maximum absolute atomic E-state index is 13.6. The maximum Gasteiger partial charge on any atom is 0.239 e. The Hall–Kier alpha value is -2.70. The fourth-order valence-corrected chi connectivity index (χ4v) is 5.53. The minimum Gasteiger partial charge on any atom is -0.495 e. The van der Waals surface area contributed by atoms with Crippen LogP contribution in [0.15, 0.2) is 48.5 Å². The molecular weight excluding hydrogens is 404 g/mol. The van der Waals surface area contributed by atoms with Gasteiger partial charge < -0.3 is 4.74 Å². The van der Waals surface area contributed by atoms with Crippen molar-refractivity contribution in [2.45, 2.75) is 24.9 Å². The summed E-state index contributed by atoms with van der Waals surface area (Å²) in [6, 6.07) is 13.1. The van der Waals surface area contributed by atoms with E-state index in [9.17, 15) is 14.4 Å². The first-order valence-corrected chi connectivity index (χ1v) is 10.5. The van der Waals surface area contributed by atoms with Gasteiger partial charge in [-0.05, 0) is 37.6 Å². The number of benzene rings is 2. The third-order valence-corrected chi connectivity index (χ3v) is 6.80. The first kappa shape index (κ1) is 19.3. The van der Waals surface area contributed by atoms with Gasteiger partial charge >= 0.3 is 0 Å². The molecule has 0 saturated carbocycles. The van der Waals surface area contributed by atoms with Gasteiger partial charge in [-0.2, -0.15) is 0 Å². The molecule has 0 aromatic heterocycles. The van der Waals surface area contributed by atoms with Gasteiger partial charge in [0.05, 0.1) is 30.7 Å². The van der Waals surface area contributed by atoms with Crippen molar-refractivity contribution in [2.75, 3.05) is 18.6 Å². The molecule has 30 heavy (non-hydrogen) atoms. The molecule has 0 bridgehead atoms. The van der Waals surface area contributed by atoms with E-state index in [1.807, 2.05) is 18.2 Å². The molecule has 0 N–H and O–H groups in total. The molecule has 0 radical (unpaired) electrons. The summed E-state index contributed by atoms with van der Waals surface area (Å²) in [6.07, 6.45) is 1.72. The third kappa shape index (κ3) is 2.71. The second-order valence-electron chi connectivity index (χ2n) is 8.00. The highest BCUT2D eigenvalue weighted by Crippen LogP contribution is 2.49. The summed E-state index contributed by atoms with van der Waals surface area (Å²) in [5.74, 6) is -1.55. The lowest BCUT2D eigenvalue weighted by molar-refractivity contribution is -0.123. The van der Waals surface area contributed by atoms with E-state index >= 15 is 0 Å².